The predicted molar refractivity (Wildman–Crippen MR) is 167 cm³/mol. The molecule has 0 aliphatic rings. The third-order valence-electron chi connectivity index (χ3n) is 6.23. The van der Waals surface area contributed by atoms with Gasteiger partial charge < -0.3 is 10.2 Å². The SMILES string of the molecule is Cc1cc(Cl)ccc1N(CC(=O)N(Cc1ccc(Cl)cc1Cl)[C@@H](Cc1ccccc1)C(=O)NC(C)(C)C)S(C)(=O)=O. The Morgan fingerprint density at radius 1 is 0.927 bits per heavy atom. The lowest BCUT2D eigenvalue weighted by Crippen LogP contribution is -2.56. The average Bonchev–Trinajstić information content (AvgIpc) is 2.85. The maximum atomic E-state index is 14.2. The van der Waals surface area contributed by atoms with Gasteiger partial charge in [-0.3, -0.25) is 13.9 Å². The summed E-state index contributed by atoms with van der Waals surface area (Å²) < 4.78 is 27.0. The van der Waals surface area contributed by atoms with Crippen LogP contribution in [0.2, 0.25) is 15.1 Å². The molecule has 0 radical (unpaired) electrons. The Morgan fingerprint density at radius 2 is 1.54 bits per heavy atom. The van der Waals surface area contributed by atoms with Crippen LogP contribution < -0.4 is 9.62 Å². The maximum absolute atomic E-state index is 14.2. The number of halogens is 3. The van der Waals surface area contributed by atoms with Crippen molar-refractivity contribution in [3.05, 3.63) is 98.5 Å². The molecule has 0 aromatic heterocycles. The van der Waals surface area contributed by atoms with E-state index in [1.165, 1.54) is 4.90 Å². The number of aryl methyl sites for hydroxylation is 1. The molecule has 0 saturated carbocycles. The smallest absolute Gasteiger partial charge is 0.244 e. The summed E-state index contributed by atoms with van der Waals surface area (Å²) in [6, 6.07) is 18.0. The summed E-state index contributed by atoms with van der Waals surface area (Å²) in [5.74, 6) is -0.964. The van der Waals surface area contributed by atoms with Crippen molar-refractivity contribution in [1.29, 1.82) is 0 Å². The van der Waals surface area contributed by atoms with Crippen molar-refractivity contribution < 1.29 is 18.0 Å². The monoisotopic (exact) mass is 637 g/mol. The Bertz CT molecular complexity index is 1510. The van der Waals surface area contributed by atoms with Crippen LogP contribution in [0.3, 0.4) is 0 Å². The average molecular weight is 639 g/mol. The molecule has 0 unspecified atom stereocenters. The number of hydrogen-bond donors (Lipinski definition) is 1. The number of hydrogen-bond acceptors (Lipinski definition) is 4. The van der Waals surface area contributed by atoms with E-state index in [9.17, 15) is 18.0 Å². The molecule has 3 rings (SSSR count). The van der Waals surface area contributed by atoms with Crippen molar-refractivity contribution >= 4 is 62.3 Å². The Morgan fingerprint density at radius 3 is 2.10 bits per heavy atom. The topological polar surface area (TPSA) is 86.8 Å². The van der Waals surface area contributed by atoms with Crippen LogP contribution in [0.1, 0.15) is 37.5 Å². The summed E-state index contributed by atoms with van der Waals surface area (Å²) in [5, 5.41) is 4.16. The van der Waals surface area contributed by atoms with Gasteiger partial charge in [0.15, 0.2) is 0 Å². The molecule has 0 bridgehead atoms. The zero-order valence-electron chi connectivity index (χ0n) is 23.6. The van der Waals surface area contributed by atoms with Crippen LogP contribution in [0.5, 0.6) is 0 Å². The molecule has 0 saturated heterocycles. The molecule has 1 N–H and O–H groups in total. The number of carbonyl (C=O) groups is 2. The van der Waals surface area contributed by atoms with E-state index in [0.717, 1.165) is 16.1 Å². The van der Waals surface area contributed by atoms with Crippen molar-refractivity contribution in [2.75, 3.05) is 17.1 Å². The van der Waals surface area contributed by atoms with E-state index >= 15 is 0 Å². The summed E-state index contributed by atoms with van der Waals surface area (Å²) in [6.45, 7) is 6.66. The maximum Gasteiger partial charge on any atom is 0.244 e. The standard InChI is InChI=1S/C30H34Cl3N3O4S/c1-20-15-23(31)13-14-26(20)36(41(5,39)40)19-28(37)35(18-22-11-12-24(32)17-25(22)33)27(29(38)34-30(2,3)4)16-21-9-7-6-8-10-21/h6-15,17,27H,16,18-19H2,1-5H3,(H,34,38)/t27-/m0/s1. The van der Waals surface area contributed by atoms with Gasteiger partial charge in [0, 0.05) is 33.6 Å². The summed E-state index contributed by atoms with van der Waals surface area (Å²) in [5.41, 5.74) is 1.69. The van der Waals surface area contributed by atoms with E-state index in [0.29, 0.717) is 31.9 Å². The first-order valence-electron chi connectivity index (χ1n) is 12.9. The first-order chi connectivity index (χ1) is 19.0. The lowest BCUT2D eigenvalue weighted by Gasteiger charge is -2.35. The molecule has 3 aromatic rings. The second-order valence-electron chi connectivity index (χ2n) is 10.9. The number of sulfonamides is 1. The molecule has 11 heteroatoms. The third-order valence-corrected chi connectivity index (χ3v) is 8.18. The number of anilines is 1. The van der Waals surface area contributed by atoms with Gasteiger partial charge >= 0.3 is 0 Å². The highest BCUT2D eigenvalue weighted by Gasteiger charge is 2.35. The van der Waals surface area contributed by atoms with Gasteiger partial charge in [-0.15, -0.1) is 0 Å². The zero-order chi connectivity index (χ0) is 30.5. The minimum Gasteiger partial charge on any atom is -0.350 e. The van der Waals surface area contributed by atoms with Gasteiger partial charge in [-0.25, -0.2) is 8.42 Å². The van der Waals surface area contributed by atoms with Gasteiger partial charge in [0.2, 0.25) is 21.8 Å². The fourth-order valence-corrected chi connectivity index (χ4v) is 5.94. The van der Waals surface area contributed by atoms with Crippen LogP contribution in [0, 0.1) is 6.92 Å². The van der Waals surface area contributed by atoms with Crippen LogP contribution in [0.4, 0.5) is 5.69 Å². The number of carbonyl (C=O) groups excluding carboxylic acids is 2. The van der Waals surface area contributed by atoms with Crippen LogP contribution in [-0.4, -0.2) is 49.5 Å². The number of nitrogens with zero attached hydrogens (tertiary/aromatic N) is 2. The van der Waals surface area contributed by atoms with Gasteiger partial charge in [-0.05, 0) is 74.7 Å². The first-order valence-corrected chi connectivity index (χ1v) is 15.9. The molecule has 7 nitrogen and oxygen atoms in total. The fourth-order valence-electron chi connectivity index (χ4n) is 4.33. The number of amides is 2. The quantitative estimate of drug-likeness (QED) is 0.283. The van der Waals surface area contributed by atoms with E-state index in [1.54, 1.807) is 43.3 Å². The Balaban J connectivity index is 2.12. The molecule has 1 atom stereocenters. The van der Waals surface area contributed by atoms with E-state index in [2.05, 4.69) is 5.32 Å². The Hall–Kier alpha value is -2.78. The van der Waals surface area contributed by atoms with E-state index < -0.39 is 34.1 Å². The largest absolute Gasteiger partial charge is 0.350 e. The first kappa shape index (κ1) is 32.7. The van der Waals surface area contributed by atoms with Gasteiger partial charge in [0.25, 0.3) is 0 Å². The van der Waals surface area contributed by atoms with E-state index in [-0.39, 0.29) is 18.9 Å². The Kier molecular flexibility index (Phi) is 10.7. The molecular formula is C30H34Cl3N3O4S. The van der Waals surface area contributed by atoms with Crippen molar-refractivity contribution in [2.45, 2.75) is 52.2 Å². The summed E-state index contributed by atoms with van der Waals surface area (Å²) in [6.07, 6.45) is 1.22. The predicted octanol–water partition coefficient (Wildman–Crippen LogP) is 6.28. The third kappa shape index (κ3) is 9.36. The minimum absolute atomic E-state index is 0.0545. The van der Waals surface area contributed by atoms with Gasteiger partial charge in [-0.2, -0.15) is 0 Å². The van der Waals surface area contributed by atoms with Gasteiger partial charge in [0.1, 0.15) is 12.6 Å². The number of nitrogens with one attached hydrogen (secondary N) is 1. The minimum atomic E-state index is -3.90. The lowest BCUT2D eigenvalue weighted by atomic mass is 10.0. The molecule has 220 valence electrons. The molecule has 3 aromatic carbocycles. The molecule has 0 fully saturated rings. The molecule has 41 heavy (non-hydrogen) atoms. The highest BCUT2D eigenvalue weighted by molar-refractivity contribution is 7.92. The molecule has 0 spiro atoms. The van der Waals surface area contributed by atoms with E-state index in [4.69, 9.17) is 34.8 Å². The second kappa shape index (κ2) is 13.5. The van der Waals surface area contributed by atoms with E-state index in [1.807, 2.05) is 51.1 Å². The zero-order valence-corrected chi connectivity index (χ0v) is 26.7. The lowest BCUT2D eigenvalue weighted by molar-refractivity contribution is -0.140. The second-order valence-corrected chi connectivity index (χ2v) is 14.1. The summed E-state index contributed by atoms with van der Waals surface area (Å²) >= 11 is 18.7. The van der Waals surface area contributed by atoms with Crippen molar-refractivity contribution in [2.24, 2.45) is 0 Å². The van der Waals surface area contributed by atoms with Crippen LogP contribution in [0.15, 0.2) is 66.7 Å². The van der Waals surface area contributed by atoms with Crippen molar-refractivity contribution in [3.63, 3.8) is 0 Å². The normalized spacial score (nSPS) is 12.5. The molecule has 0 aliphatic heterocycles. The van der Waals surface area contributed by atoms with Crippen LogP contribution >= 0.6 is 34.8 Å². The number of rotatable bonds is 10. The number of benzene rings is 3. The van der Waals surface area contributed by atoms with Crippen LogP contribution in [0.25, 0.3) is 0 Å². The van der Waals surface area contributed by atoms with Gasteiger partial charge in [0.05, 0.1) is 11.9 Å². The summed E-state index contributed by atoms with van der Waals surface area (Å²) in [4.78, 5) is 29.3. The molecule has 0 heterocycles. The molecular weight excluding hydrogens is 605 g/mol. The highest BCUT2D eigenvalue weighted by Crippen LogP contribution is 2.28. The molecule has 2 amide bonds. The summed E-state index contributed by atoms with van der Waals surface area (Å²) in [7, 11) is -3.90. The highest BCUT2D eigenvalue weighted by atomic mass is 35.5. The Labute approximate surface area is 257 Å². The van der Waals surface area contributed by atoms with Crippen molar-refractivity contribution in [3.8, 4) is 0 Å². The fraction of sp³-hybridized carbons (Fsp3) is 0.333. The van der Waals surface area contributed by atoms with Gasteiger partial charge in [-0.1, -0.05) is 71.2 Å². The van der Waals surface area contributed by atoms with Crippen molar-refractivity contribution in [1.82, 2.24) is 10.2 Å². The molecule has 0 aliphatic carbocycles. The van der Waals surface area contributed by atoms with Crippen LogP contribution in [-0.2, 0) is 32.6 Å².